The summed E-state index contributed by atoms with van der Waals surface area (Å²) in [6.45, 7) is 0. The molecule has 1 aliphatic carbocycles. The van der Waals surface area contributed by atoms with Gasteiger partial charge in [-0.1, -0.05) is 0 Å². The summed E-state index contributed by atoms with van der Waals surface area (Å²) in [6.07, 6.45) is 3.22. The first-order valence-corrected chi connectivity index (χ1v) is 3.99. The van der Waals surface area contributed by atoms with E-state index in [0.29, 0.717) is 12.3 Å². The fourth-order valence-electron chi connectivity index (χ4n) is 0.955. The van der Waals surface area contributed by atoms with Gasteiger partial charge in [0.1, 0.15) is 0 Å². The van der Waals surface area contributed by atoms with Crippen LogP contribution in [-0.4, -0.2) is 16.5 Å². The SMILES string of the molecule is O=C(O)CCC(Cl)C1CC1. The van der Waals surface area contributed by atoms with Crippen LogP contribution in [0.25, 0.3) is 0 Å². The number of carboxylic acid groups (broad SMARTS) is 1. The molecule has 0 heterocycles. The molecule has 0 saturated heterocycles. The molecule has 58 valence electrons. The number of carboxylic acids is 1. The van der Waals surface area contributed by atoms with Crippen molar-refractivity contribution >= 4 is 17.6 Å². The Morgan fingerprint density at radius 1 is 1.70 bits per heavy atom. The number of hydrogen-bond donors (Lipinski definition) is 1. The van der Waals surface area contributed by atoms with Gasteiger partial charge in [-0.3, -0.25) is 4.79 Å². The van der Waals surface area contributed by atoms with Crippen molar-refractivity contribution in [3.8, 4) is 0 Å². The second-order valence-electron chi connectivity index (χ2n) is 2.79. The first-order chi connectivity index (χ1) is 4.70. The van der Waals surface area contributed by atoms with Crippen molar-refractivity contribution in [2.24, 2.45) is 5.92 Å². The van der Waals surface area contributed by atoms with Crippen LogP contribution in [0.4, 0.5) is 0 Å². The van der Waals surface area contributed by atoms with E-state index in [9.17, 15) is 4.79 Å². The van der Waals surface area contributed by atoms with E-state index in [4.69, 9.17) is 16.7 Å². The third kappa shape index (κ3) is 2.56. The van der Waals surface area contributed by atoms with Gasteiger partial charge in [0, 0.05) is 11.8 Å². The number of alkyl halides is 1. The van der Waals surface area contributed by atoms with Crippen molar-refractivity contribution in [2.75, 3.05) is 0 Å². The largest absolute Gasteiger partial charge is 0.481 e. The molecule has 10 heavy (non-hydrogen) atoms. The van der Waals surface area contributed by atoms with Gasteiger partial charge in [-0.15, -0.1) is 11.6 Å². The number of halogens is 1. The van der Waals surface area contributed by atoms with E-state index >= 15 is 0 Å². The quantitative estimate of drug-likeness (QED) is 0.641. The molecule has 1 atom stereocenters. The number of rotatable bonds is 4. The van der Waals surface area contributed by atoms with E-state index in [1.165, 1.54) is 12.8 Å². The van der Waals surface area contributed by atoms with E-state index in [0.717, 1.165) is 0 Å². The Hall–Kier alpha value is -0.240. The van der Waals surface area contributed by atoms with Crippen LogP contribution in [0.5, 0.6) is 0 Å². The van der Waals surface area contributed by atoms with Crippen molar-refractivity contribution in [2.45, 2.75) is 31.1 Å². The Balaban J connectivity index is 2.05. The van der Waals surface area contributed by atoms with Crippen LogP contribution in [0.15, 0.2) is 0 Å². The minimum absolute atomic E-state index is 0.107. The molecule has 0 radical (unpaired) electrons. The van der Waals surface area contributed by atoms with Crippen LogP contribution >= 0.6 is 11.6 Å². The Kier molecular flexibility index (Phi) is 2.55. The highest BCUT2D eigenvalue weighted by Gasteiger charge is 2.29. The summed E-state index contributed by atoms with van der Waals surface area (Å²) in [5.74, 6) is -0.132. The van der Waals surface area contributed by atoms with Gasteiger partial charge in [-0.2, -0.15) is 0 Å². The Labute approximate surface area is 65.2 Å². The second-order valence-corrected chi connectivity index (χ2v) is 3.35. The Morgan fingerprint density at radius 3 is 2.70 bits per heavy atom. The van der Waals surface area contributed by atoms with E-state index in [-0.39, 0.29) is 11.8 Å². The first-order valence-electron chi connectivity index (χ1n) is 3.56. The summed E-state index contributed by atoms with van der Waals surface area (Å²) < 4.78 is 0. The lowest BCUT2D eigenvalue weighted by Gasteiger charge is -2.03. The first kappa shape index (κ1) is 7.86. The van der Waals surface area contributed by atoms with E-state index in [1.807, 2.05) is 0 Å². The molecule has 0 aromatic rings. The molecule has 1 fully saturated rings. The lowest BCUT2D eigenvalue weighted by atomic mass is 10.2. The highest BCUT2D eigenvalue weighted by Crippen LogP contribution is 2.37. The predicted octanol–water partition coefficient (Wildman–Crippen LogP) is 1.87. The molecule has 2 nitrogen and oxygen atoms in total. The standard InChI is InChI=1S/C7H11ClO2/c8-6(5-1-2-5)3-4-7(9)10/h5-6H,1-4H2,(H,9,10). The van der Waals surface area contributed by atoms with Crippen molar-refractivity contribution in [3.05, 3.63) is 0 Å². The zero-order valence-corrected chi connectivity index (χ0v) is 6.47. The monoisotopic (exact) mass is 162 g/mol. The number of hydrogen-bond acceptors (Lipinski definition) is 1. The van der Waals surface area contributed by atoms with Crippen LogP contribution in [0, 0.1) is 5.92 Å². The molecule has 1 N–H and O–H groups in total. The second kappa shape index (κ2) is 3.24. The summed E-state index contributed by atoms with van der Waals surface area (Å²) in [5.41, 5.74) is 0. The number of aliphatic carboxylic acids is 1. The van der Waals surface area contributed by atoms with Gasteiger partial charge in [0.25, 0.3) is 0 Å². The molecule has 1 unspecified atom stereocenters. The van der Waals surface area contributed by atoms with E-state index in [1.54, 1.807) is 0 Å². The zero-order valence-electron chi connectivity index (χ0n) is 5.72. The molecule has 3 heteroatoms. The molecular weight excluding hydrogens is 152 g/mol. The van der Waals surface area contributed by atoms with Gasteiger partial charge in [0.15, 0.2) is 0 Å². The maximum atomic E-state index is 10.1. The molecule has 0 bridgehead atoms. The lowest BCUT2D eigenvalue weighted by molar-refractivity contribution is -0.137. The van der Waals surface area contributed by atoms with Crippen molar-refractivity contribution < 1.29 is 9.90 Å². The highest BCUT2D eigenvalue weighted by atomic mass is 35.5. The molecule has 0 aromatic heterocycles. The van der Waals surface area contributed by atoms with Crippen LogP contribution in [0.1, 0.15) is 25.7 Å². The average Bonchev–Trinajstić information content (AvgIpc) is 2.63. The van der Waals surface area contributed by atoms with Gasteiger partial charge in [-0.25, -0.2) is 0 Å². The third-order valence-corrected chi connectivity index (χ3v) is 2.34. The van der Waals surface area contributed by atoms with Gasteiger partial charge in [0.2, 0.25) is 0 Å². The predicted molar refractivity (Wildman–Crippen MR) is 39.2 cm³/mol. The average molecular weight is 163 g/mol. The summed E-state index contributed by atoms with van der Waals surface area (Å²) in [6, 6.07) is 0. The molecule has 1 aliphatic rings. The fraction of sp³-hybridized carbons (Fsp3) is 0.857. The van der Waals surface area contributed by atoms with Gasteiger partial charge >= 0.3 is 5.97 Å². The molecule has 0 spiro atoms. The number of carbonyl (C=O) groups is 1. The Morgan fingerprint density at radius 2 is 2.30 bits per heavy atom. The smallest absolute Gasteiger partial charge is 0.303 e. The van der Waals surface area contributed by atoms with Crippen LogP contribution in [-0.2, 0) is 4.79 Å². The lowest BCUT2D eigenvalue weighted by Crippen LogP contribution is -2.05. The molecule has 1 rings (SSSR count). The summed E-state index contributed by atoms with van der Waals surface area (Å²) >= 11 is 5.86. The van der Waals surface area contributed by atoms with Gasteiger partial charge in [-0.05, 0) is 25.2 Å². The van der Waals surface area contributed by atoms with Crippen LogP contribution in [0.3, 0.4) is 0 Å². The maximum absolute atomic E-state index is 10.1. The summed E-state index contributed by atoms with van der Waals surface area (Å²) in [5, 5.41) is 8.41. The molecule has 0 aliphatic heterocycles. The molecular formula is C7H11ClO2. The van der Waals surface area contributed by atoms with Crippen molar-refractivity contribution in [1.82, 2.24) is 0 Å². The molecule has 0 amide bonds. The minimum Gasteiger partial charge on any atom is -0.481 e. The summed E-state index contributed by atoms with van der Waals surface area (Å²) in [7, 11) is 0. The van der Waals surface area contributed by atoms with Gasteiger partial charge < -0.3 is 5.11 Å². The summed E-state index contributed by atoms with van der Waals surface area (Å²) in [4.78, 5) is 10.1. The molecule has 1 saturated carbocycles. The zero-order chi connectivity index (χ0) is 7.56. The minimum atomic E-state index is -0.744. The van der Waals surface area contributed by atoms with Crippen molar-refractivity contribution in [3.63, 3.8) is 0 Å². The highest BCUT2D eigenvalue weighted by molar-refractivity contribution is 6.21. The normalized spacial score (nSPS) is 20.5. The van der Waals surface area contributed by atoms with Crippen molar-refractivity contribution in [1.29, 1.82) is 0 Å². The molecule has 0 aromatic carbocycles. The van der Waals surface area contributed by atoms with E-state index < -0.39 is 5.97 Å². The fourth-order valence-corrected chi connectivity index (χ4v) is 1.32. The third-order valence-electron chi connectivity index (χ3n) is 1.77. The van der Waals surface area contributed by atoms with Gasteiger partial charge in [0.05, 0.1) is 0 Å². The van der Waals surface area contributed by atoms with E-state index in [2.05, 4.69) is 0 Å². The van der Waals surface area contributed by atoms with Crippen LogP contribution in [0.2, 0.25) is 0 Å². The Bertz CT molecular complexity index is 132. The topological polar surface area (TPSA) is 37.3 Å². The maximum Gasteiger partial charge on any atom is 0.303 e. The van der Waals surface area contributed by atoms with Crippen LogP contribution < -0.4 is 0 Å².